The average molecular weight is 348 g/mol. The molecule has 0 aliphatic rings. The predicted molar refractivity (Wildman–Crippen MR) is 90.6 cm³/mol. The third-order valence-electron chi connectivity index (χ3n) is 4.01. The van der Waals surface area contributed by atoms with Crippen LogP contribution in [-0.2, 0) is 5.60 Å². The maximum Gasteiger partial charge on any atom is 0.137 e. The molecule has 0 amide bonds. The Morgan fingerprint density at radius 1 is 0.957 bits per heavy atom. The maximum absolute atomic E-state index is 11.6. The number of benzene rings is 2. The normalized spacial score (nSPS) is 13.0. The summed E-state index contributed by atoms with van der Waals surface area (Å²) in [5.41, 5.74) is 0.127. The van der Waals surface area contributed by atoms with Crippen LogP contribution in [0.4, 0.5) is 0 Å². The fraction of sp³-hybridized carbons (Fsp3) is 0.176. The van der Waals surface area contributed by atoms with Gasteiger partial charge in [0.25, 0.3) is 0 Å². The number of hydrogen-bond acceptors (Lipinski definition) is 3. The monoisotopic (exact) mass is 347 g/mol. The molecule has 0 bridgehead atoms. The minimum absolute atomic E-state index is 0.382. The van der Waals surface area contributed by atoms with E-state index in [-0.39, 0.29) is 6.04 Å². The van der Waals surface area contributed by atoms with Crippen LogP contribution in [0.1, 0.15) is 24.1 Å². The molecule has 1 aromatic heterocycles. The van der Waals surface area contributed by atoms with Crippen molar-refractivity contribution in [2.45, 2.75) is 18.6 Å². The van der Waals surface area contributed by atoms with E-state index >= 15 is 0 Å². The van der Waals surface area contributed by atoms with Gasteiger partial charge in [0.05, 0.1) is 12.2 Å². The van der Waals surface area contributed by atoms with E-state index in [1.807, 2.05) is 31.2 Å². The van der Waals surface area contributed by atoms with Crippen LogP contribution in [0, 0.1) is 0 Å². The van der Waals surface area contributed by atoms with E-state index in [1.54, 1.807) is 41.3 Å². The quantitative estimate of drug-likeness (QED) is 0.773. The van der Waals surface area contributed by atoms with E-state index in [2.05, 4.69) is 10.3 Å². The molecular weight excluding hydrogens is 333 g/mol. The summed E-state index contributed by atoms with van der Waals surface area (Å²) in [5.74, 6) is 0. The highest BCUT2D eigenvalue weighted by molar-refractivity contribution is 6.30. The molecule has 3 rings (SSSR count). The van der Waals surface area contributed by atoms with Crippen molar-refractivity contribution in [2.24, 2.45) is 0 Å². The highest BCUT2D eigenvalue weighted by atomic mass is 35.5. The molecule has 2 aromatic carbocycles. The molecule has 0 radical (unpaired) electrons. The number of hydrogen-bond donors (Lipinski definition) is 1. The molecule has 3 aromatic rings. The van der Waals surface area contributed by atoms with Crippen LogP contribution in [0.5, 0.6) is 0 Å². The molecule has 0 saturated carbocycles. The first-order valence-electron chi connectivity index (χ1n) is 7.12. The summed E-state index contributed by atoms with van der Waals surface area (Å²) in [6.07, 6.45) is 3.31. The fourth-order valence-electron chi connectivity index (χ4n) is 2.67. The zero-order chi connectivity index (χ0) is 16.4. The van der Waals surface area contributed by atoms with Crippen LogP contribution < -0.4 is 0 Å². The van der Waals surface area contributed by atoms with E-state index in [1.165, 1.54) is 0 Å². The van der Waals surface area contributed by atoms with Crippen molar-refractivity contribution in [1.29, 1.82) is 0 Å². The van der Waals surface area contributed by atoms with Crippen molar-refractivity contribution in [3.05, 3.63) is 82.1 Å². The molecule has 1 heterocycles. The summed E-state index contributed by atoms with van der Waals surface area (Å²) in [7, 11) is 0. The number of aromatic nitrogens is 3. The zero-order valence-corrected chi connectivity index (χ0v) is 13.9. The van der Waals surface area contributed by atoms with Crippen LogP contribution in [0.3, 0.4) is 0 Å². The van der Waals surface area contributed by atoms with Gasteiger partial charge in [-0.1, -0.05) is 52.7 Å². The Morgan fingerprint density at radius 3 is 1.83 bits per heavy atom. The van der Waals surface area contributed by atoms with E-state index in [9.17, 15) is 5.11 Å². The second-order valence-corrected chi connectivity index (χ2v) is 6.21. The van der Waals surface area contributed by atoms with Gasteiger partial charge in [-0.15, -0.1) is 5.10 Å². The third-order valence-corrected chi connectivity index (χ3v) is 4.52. The fourth-order valence-corrected chi connectivity index (χ4v) is 2.92. The van der Waals surface area contributed by atoms with E-state index < -0.39 is 5.60 Å². The van der Waals surface area contributed by atoms with E-state index in [4.69, 9.17) is 23.2 Å². The first kappa shape index (κ1) is 16.0. The maximum atomic E-state index is 11.6. The topological polar surface area (TPSA) is 50.9 Å². The third kappa shape index (κ3) is 2.98. The Hall–Kier alpha value is -1.88. The van der Waals surface area contributed by atoms with Crippen LogP contribution in [0.2, 0.25) is 10.0 Å². The summed E-state index contributed by atoms with van der Waals surface area (Å²) >= 11 is 12.0. The molecule has 0 saturated heterocycles. The van der Waals surface area contributed by atoms with Gasteiger partial charge in [0.2, 0.25) is 0 Å². The summed E-state index contributed by atoms with van der Waals surface area (Å²) in [4.78, 5) is 0. The minimum atomic E-state index is -1.30. The Balaban J connectivity index is 2.16. The predicted octanol–water partition coefficient (Wildman–Crippen LogP) is 4.08. The number of halogens is 2. The minimum Gasteiger partial charge on any atom is -0.378 e. The van der Waals surface area contributed by atoms with Crippen molar-refractivity contribution >= 4 is 23.2 Å². The van der Waals surface area contributed by atoms with Crippen LogP contribution >= 0.6 is 23.2 Å². The van der Waals surface area contributed by atoms with Gasteiger partial charge in [-0.3, -0.25) is 0 Å². The van der Waals surface area contributed by atoms with Crippen molar-refractivity contribution in [3.8, 4) is 0 Å². The van der Waals surface area contributed by atoms with Gasteiger partial charge < -0.3 is 5.11 Å². The van der Waals surface area contributed by atoms with Gasteiger partial charge in [-0.25, -0.2) is 4.68 Å². The highest BCUT2D eigenvalue weighted by Gasteiger charge is 2.39. The van der Waals surface area contributed by atoms with Gasteiger partial charge in [-0.2, -0.15) is 0 Å². The Morgan fingerprint density at radius 2 is 1.43 bits per heavy atom. The van der Waals surface area contributed by atoms with Crippen molar-refractivity contribution in [3.63, 3.8) is 0 Å². The molecule has 118 valence electrons. The van der Waals surface area contributed by atoms with E-state index in [0.717, 1.165) is 0 Å². The van der Waals surface area contributed by atoms with E-state index in [0.29, 0.717) is 21.2 Å². The Labute approximate surface area is 144 Å². The first-order chi connectivity index (χ1) is 11.0. The molecule has 0 aliphatic carbocycles. The second kappa shape index (κ2) is 6.32. The lowest BCUT2D eigenvalue weighted by Crippen LogP contribution is -2.37. The largest absolute Gasteiger partial charge is 0.378 e. The van der Waals surface area contributed by atoms with Gasteiger partial charge >= 0.3 is 0 Å². The molecule has 1 unspecified atom stereocenters. The molecule has 6 heteroatoms. The molecule has 4 nitrogen and oxygen atoms in total. The lowest BCUT2D eigenvalue weighted by Gasteiger charge is -2.35. The molecular formula is C17H15Cl2N3O. The van der Waals surface area contributed by atoms with Crippen LogP contribution in [0.15, 0.2) is 60.9 Å². The molecule has 0 fully saturated rings. The van der Waals surface area contributed by atoms with Gasteiger partial charge in [0.1, 0.15) is 5.60 Å². The van der Waals surface area contributed by atoms with Crippen molar-refractivity contribution in [1.82, 2.24) is 15.0 Å². The highest BCUT2D eigenvalue weighted by Crippen LogP contribution is 2.39. The molecule has 1 N–H and O–H groups in total. The summed E-state index contributed by atoms with van der Waals surface area (Å²) in [6, 6.07) is 13.9. The van der Waals surface area contributed by atoms with Gasteiger partial charge in [-0.05, 0) is 42.3 Å². The lowest BCUT2D eigenvalue weighted by molar-refractivity contribution is 0.0240. The molecule has 0 aliphatic heterocycles. The standard InChI is InChI=1S/C17H15Cl2N3O/c1-12(22-11-10-20-21-22)17(23,13-2-6-15(18)7-3-13)14-4-8-16(19)9-5-14/h2-12,23H,1H3. The van der Waals surface area contributed by atoms with Gasteiger partial charge in [0.15, 0.2) is 0 Å². The molecule has 0 spiro atoms. The molecule has 1 atom stereocenters. The van der Waals surface area contributed by atoms with Crippen LogP contribution in [-0.4, -0.2) is 20.1 Å². The SMILES string of the molecule is CC(n1ccnn1)C(O)(c1ccc(Cl)cc1)c1ccc(Cl)cc1. The average Bonchev–Trinajstić information content (AvgIpc) is 3.09. The lowest BCUT2D eigenvalue weighted by atomic mass is 9.81. The Kier molecular flexibility index (Phi) is 4.39. The Bertz CT molecular complexity index is 725. The summed E-state index contributed by atoms with van der Waals surface area (Å²) in [5, 5.41) is 20.7. The molecule has 23 heavy (non-hydrogen) atoms. The van der Waals surface area contributed by atoms with Crippen molar-refractivity contribution < 1.29 is 5.11 Å². The summed E-state index contributed by atoms with van der Waals surface area (Å²) in [6.45, 7) is 1.89. The smallest absolute Gasteiger partial charge is 0.137 e. The zero-order valence-electron chi connectivity index (χ0n) is 12.4. The van der Waals surface area contributed by atoms with Crippen LogP contribution in [0.25, 0.3) is 0 Å². The second-order valence-electron chi connectivity index (χ2n) is 5.34. The number of aliphatic hydroxyl groups is 1. The first-order valence-corrected chi connectivity index (χ1v) is 7.87. The summed E-state index contributed by atoms with van der Waals surface area (Å²) < 4.78 is 1.63. The number of rotatable bonds is 4. The van der Waals surface area contributed by atoms with Crippen molar-refractivity contribution in [2.75, 3.05) is 0 Å². The van der Waals surface area contributed by atoms with Gasteiger partial charge in [0, 0.05) is 16.2 Å². The number of nitrogens with zero attached hydrogens (tertiary/aromatic N) is 3.